The van der Waals surface area contributed by atoms with Crippen molar-refractivity contribution in [3.63, 3.8) is 0 Å². The molecule has 0 saturated carbocycles. The average Bonchev–Trinajstić information content (AvgIpc) is 2.42. The first kappa shape index (κ1) is 14.7. The third kappa shape index (κ3) is 3.89. The van der Waals surface area contributed by atoms with Gasteiger partial charge in [0.2, 0.25) is 5.91 Å². The van der Waals surface area contributed by atoms with Crippen LogP contribution in [0.25, 0.3) is 0 Å². The van der Waals surface area contributed by atoms with Crippen LogP contribution in [0.2, 0.25) is 10.0 Å². The molecular weight excluding hydrogens is 297 g/mol. The number of nitrogens with one attached hydrogen (secondary N) is 1. The summed E-state index contributed by atoms with van der Waals surface area (Å²) in [7, 11) is 0. The summed E-state index contributed by atoms with van der Waals surface area (Å²) in [5.41, 5.74) is 1.22. The Morgan fingerprint density at radius 2 is 1.90 bits per heavy atom. The van der Waals surface area contributed by atoms with Gasteiger partial charge in [0.1, 0.15) is 5.75 Å². The van der Waals surface area contributed by atoms with Gasteiger partial charge in [-0.15, -0.1) is 0 Å². The van der Waals surface area contributed by atoms with Crippen LogP contribution in [0.5, 0.6) is 5.75 Å². The maximum Gasteiger partial charge on any atom is 0.224 e. The van der Waals surface area contributed by atoms with Crippen molar-refractivity contribution >= 4 is 34.8 Å². The number of hydrogen-bond donors (Lipinski definition) is 2. The summed E-state index contributed by atoms with van der Waals surface area (Å²) in [5.74, 6) is -0.219. The van der Waals surface area contributed by atoms with Crippen LogP contribution in [0, 0.1) is 0 Å². The lowest BCUT2D eigenvalue weighted by molar-refractivity contribution is -0.116. The molecule has 2 aromatic carbocycles. The number of benzene rings is 2. The van der Waals surface area contributed by atoms with Gasteiger partial charge in [-0.05, 0) is 36.2 Å². The highest BCUT2D eigenvalue weighted by molar-refractivity contribution is 6.31. The third-order valence-corrected chi connectivity index (χ3v) is 3.42. The van der Waals surface area contributed by atoms with Crippen molar-refractivity contribution in [1.29, 1.82) is 0 Å². The molecule has 0 atom stereocenters. The van der Waals surface area contributed by atoms with E-state index in [2.05, 4.69) is 5.32 Å². The number of halogens is 2. The second kappa shape index (κ2) is 6.64. The molecule has 0 aromatic heterocycles. The van der Waals surface area contributed by atoms with Crippen molar-refractivity contribution in [2.24, 2.45) is 0 Å². The minimum Gasteiger partial charge on any atom is -0.506 e. The second-order valence-electron chi connectivity index (χ2n) is 4.30. The predicted molar refractivity (Wildman–Crippen MR) is 81.5 cm³/mol. The van der Waals surface area contributed by atoms with Crippen LogP contribution >= 0.6 is 23.2 Å². The number of amides is 1. The van der Waals surface area contributed by atoms with E-state index in [1.807, 2.05) is 18.2 Å². The Morgan fingerprint density at radius 1 is 1.15 bits per heavy atom. The van der Waals surface area contributed by atoms with Crippen molar-refractivity contribution in [1.82, 2.24) is 0 Å². The summed E-state index contributed by atoms with van der Waals surface area (Å²) < 4.78 is 0. The Labute approximate surface area is 127 Å². The van der Waals surface area contributed by atoms with E-state index < -0.39 is 0 Å². The molecule has 5 heteroatoms. The van der Waals surface area contributed by atoms with Crippen molar-refractivity contribution in [2.75, 3.05) is 5.32 Å². The van der Waals surface area contributed by atoms with Gasteiger partial charge in [-0.1, -0.05) is 41.4 Å². The summed E-state index contributed by atoms with van der Waals surface area (Å²) in [5, 5.41) is 13.3. The molecule has 0 unspecified atom stereocenters. The van der Waals surface area contributed by atoms with Crippen LogP contribution in [0.4, 0.5) is 5.69 Å². The van der Waals surface area contributed by atoms with Crippen LogP contribution < -0.4 is 5.32 Å². The molecule has 0 aliphatic carbocycles. The highest BCUT2D eigenvalue weighted by Crippen LogP contribution is 2.26. The van der Waals surface area contributed by atoms with Crippen molar-refractivity contribution in [3.8, 4) is 5.75 Å². The van der Waals surface area contributed by atoms with E-state index in [-0.39, 0.29) is 18.1 Å². The minimum absolute atomic E-state index is 0.0134. The lowest BCUT2D eigenvalue weighted by Gasteiger charge is -2.08. The first-order valence-electron chi connectivity index (χ1n) is 6.08. The zero-order valence-corrected chi connectivity index (χ0v) is 12.1. The molecule has 0 aliphatic rings. The van der Waals surface area contributed by atoms with Gasteiger partial charge in [-0.2, -0.15) is 0 Å². The fourth-order valence-corrected chi connectivity index (χ4v) is 2.17. The van der Waals surface area contributed by atoms with Gasteiger partial charge >= 0.3 is 0 Å². The first-order valence-corrected chi connectivity index (χ1v) is 6.83. The van der Waals surface area contributed by atoms with Crippen LogP contribution in [0.15, 0.2) is 42.5 Å². The lowest BCUT2D eigenvalue weighted by Crippen LogP contribution is -2.12. The average molecular weight is 310 g/mol. The van der Waals surface area contributed by atoms with Gasteiger partial charge in [-0.3, -0.25) is 4.79 Å². The summed E-state index contributed by atoms with van der Waals surface area (Å²) in [6.45, 7) is 0. The van der Waals surface area contributed by atoms with Crippen LogP contribution in [0.1, 0.15) is 12.0 Å². The molecule has 1 amide bonds. The lowest BCUT2D eigenvalue weighted by atomic mass is 10.1. The van der Waals surface area contributed by atoms with E-state index in [1.54, 1.807) is 12.1 Å². The smallest absolute Gasteiger partial charge is 0.224 e. The number of carbonyl (C=O) groups excluding carboxylic acids is 1. The van der Waals surface area contributed by atoms with Gasteiger partial charge < -0.3 is 10.4 Å². The number of hydrogen-bond acceptors (Lipinski definition) is 2. The topological polar surface area (TPSA) is 49.3 Å². The highest BCUT2D eigenvalue weighted by atomic mass is 35.5. The van der Waals surface area contributed by atoms with E-state index in [9.17, 15) is 9.90 Å². The SMILES string of the molecule is O=C(CCc1ccccc1Cl)Nc1cc(Cl)ccc1O. The van der Waals surface area contributed by atoms with Crippen molar-refractivity contribution in [2.45, 2.75) is 12.8 Å². The summed E-state index contributed by atoms with van der Waals surface area (Å²) in [6.07, 6.45) is 0.808. The van der Waals surface area contributed by atoms with E-state index in [1.165, 1.54) is 12.1 Å². The molecule has 104 valence electrons. The van der Waals surface area contributed by atoms with Gasteiger partial charge in [0, 0.05) is 16.5 Å². The maximum absolute atomic E-state index is 11.9. The number of anilines is 1. The molecule has 2 aromatic rings. The normalized spacial score (nSPS) is 10.3. The number of phenols is 1. The van der Waals surface area contributed by atoms with Crippen molar-refractivity contribution in [3.05, 3.63) is 58.1 Å². The fourth-order valence-electron chi connectivity index (χ4n) is 1.77. The Bertz CT molecular complexity index is 629. The number of phenolic OH excluding ortho intramolecular Hbond substituents is 1. The monoisotopic (exact) mass is 309 g/mol. The van der Waals surface area contributed by atoms with Gasteiger partial charge in [0.25, 0.3) is 0 Å². The molecule has 20 heavy (non-hydrogen) atoms. The van der Waals surface area contributed by atoms with E-state index in [0.29, 0.717) is 22.2 Å². The quantitative estimate of drug-likeness (QED) is 0.829. The van der Waals surface area contributed by atoms with E-state index in [4.69, 9.17) is 23.2 Å². The molecule has 0 fully saturated rings. The Morgan fingerprint density at radius 3 is 2.65 bits per heavy atom. The molecule has 0 saturated heterocycles. The minimum atomic E-state index is -0.206. The maximum atomic E-state index is 11.9. The van der Waals surface area contributed by atoms with E-state index >= 15 is 0 Å². The number of rotatable bonds is 4. The molecule has 0 bridgehead atoms. The number of aromatic hydroxyl groups is 1. The largest absolute Gasteiger partial charge is 0.506 e. The fraction of sp³-hybridized carbons (Fsp3) is 0.133. The zero-order valence-electron chi connectivity index (χ0n) is 10.6. The van der Waals surface area contributed by atoms with Crippen LogP contribution in [0.3, 0.4) is 0 Å². The highest BCUT2D eigenvalue weighted by Gasteiger charge is 2.08. The van der Waals surface area contributed by atoms with Gasteiger partial charge in [-0.25, -0.2) is 0 Å². The van der Waals surface area contributed by atoms with Gasteiger partial charge in [0.05, 0.1) is 5.69 Å². The molecule has 2 N–H and O–H groups in total. The first-order chi connectivity index (χ1) is 9.56. The number of aryl methyl sites for hydroxylation is 1. The third-order valence-electron chi connectivity index (χ3n) is 2.81. The summed E-state index contributed by atoms with van der Waals surface area (Å²) in [6, 6.07) is 11.9. The number of carbonyl (C=O) groups is 1. The Hall–Kier alpha value is -1.71. The van der Waals surface area contributed by atoms with Gasteiger partial charge in [0.15, 0.2) is 0 Å². The Balaban J connectivity index is 1.96. The van der Waals surface area contributed by atoms with Crippen molar-refractivity contribution < 1.29 is 9.90 Å². The van der Waals surface area contributed by atoms with Crippen LogP contribution in [-0.4, -0.2) is 11.0 Å². The predicted octanol–water partition coefficient (Wildman–Crippen LogP) is 4.27. The molecule has 0 aliphatic heterocycles. The molecule has 2 rings (SSSR count). The van der Waals surface area contributed by atoms with Crippen LogP contribution in [-0.2, 0) is 11.2 Å². The molecular formula is C15H13Cl2NO2. The second-order valence-corrected chi connectivity index (χ2v) is 5.14. The van der Waals surface area contributed by atoms with E-state index in [0.717, 1.165) is 5.56 Å². The summed E-state index contributed by atoms with van der Waals surface area (Å²) in [4.78, 5) is 11.9. The standard InChI is InChI=1S/C15H13Cl2NO2/c16-11-6-7-14(19)13(9-11)18-15(20)8-5-10-3-1-2-4-12(10)17/h1-4,6-7,9,19H,5,8H2,(H,18,20). The Kier molecular flexibility index (Phi) is 4.88. The summed E-state index contributed by atoms with van der Waals surface area (Å²) >= 11 is 11.8. The zero-order chi connectivity index (χ0) is 14.5. The molecule has 3 nitrogen and oxygen atoms in total. The molecule has 0 heterocycles. The molecule has 0 spiro atoms. The molecule has 0 radical (unpaired) electrons.